The number of nitrogens with one attached hydrogen (secondary N) is 1. The Balaban J connectivity index is 1.98. The quantitative estimate of drug-likeness (QED) is 0.769. The van der Waals surface area contributed by atoms with Gasteiger partial charge in [0.15, 0.2) is 0 Å². The third-order valence-corrected chi connectivity index (χ3v) is 4.51. The number of carbonyl (C=O) groups is 3. The topological polar surface area (TPSA) is 90.3 Å². The van der Waals surface area contributed by atoms with Gasteiger partial charge in [-0.3, -0.25) is 19.7 Å². The average Bonchev–Trinajstić information content (AvgIpc) is 2.79. The highest BCUT2D eigenvalue weighted by molar-refractivity contribution is 9.10. The minimum Gasteiger partial charge on any atom is -0.322 e. The number of nitriles is 1. The summed E-state index contributed by atoms with van der Waals surface area (Å²) in [6, 6.07) is 4.64. The second-order valence-corrected chi connectivity index (χ2v) is 5.81. The van der Waals surface area contributed by atoms with Crippen LogP contribution in [-0.4, -0.2) is 28.7 Å². The third kappa shape index (κ3) is 2.12. The van der Waals surface area contributed by atoms with Crippen molar-refractivity contribution >= 4 is 33.7 Å². The Hall–Kier alpha value is -2.20. The van der Waals surface area contributed by atoms with Crippen molar-refractivity contribution < 1.29 is 14.4 Å². The maximum absolute atomic E-state index is 12.5. The Bertz CT molecular complexity index is 723. The lowest BCUT2D eigenvalue weighted by atomic mass is 10.0. The molecule has 2 aliphatic rings. The van der Waals surface area contributed by atoms with Crippen molar-refractivity contribution in [2.75, 3.05) is 0 Å². The van der Waals surface area contributed by atoms with Gasteiger partial charge in [-0.05, 0) is 24.1 Å². The summed E-state index contributed by atoms with van der Waals surface area (Å²) in [5, 5.41) is 11.4. The van der Waals surface area contributed by atoms with Crippen molar-refractivity contribution in [2.45, 2.75) is 25.4 Å². The third-order valence-electron chi connectivity index (χ3n) is 3.77. The molecule has 3 rings (SSSR count). The lowest BCUT2D eigenvalue weighted by molar-refractivity contribution is -0.136. The van der Waals surface area contributed by atoms with Gasteiger partial charge in [-0.2, -0.15) is 5.26 Å². The van der Waals surface area contributed by atoms with E-state index in [0.717, 1.165) is 4.47 Å². The molecule has 0 bridgehead atoms. The maximum Gasteiger partial charge on any atom is 0.256 e. The first-order valence-corrected chi connectivity index (χ1v) is 7.18. The molecule has 1 aromatic rings. The number of hydrogen-bond acceptors (Lipinski definition) is 4. The zero-order chi connectivity index (χ0) is 15.1. The molecule has 7 heteroatoms. The molecule has 2 aliphatic heterocycles. The van der Waals surface area contributed by atoms with Gasteiger partial charge in [0.05, 0.1) is 17.2 Å². The van der Waals surface area contributed by atoms with Crippen LogP contribution in [0.1, 0.15) is 34.3 Å². The molecule has 106 valence electrons. The number of fused-ring (bicyclic) bond motifs is 1. The summed E-state index contributed by atoms with van der Waals surface area (Å²) in [6.45, 7) is 0.260. The van der Waals surface area contributed by atoms with Gasteiger partial charge in [0, 0.05) is 17.4 Å². The summed E-state index contributed by atoms with van der Waals surface area (Å²) in [4.78, 5) is 37.1. The van der Waals surface area contributed by atoms with E-state index in [1.807, 2.05) is 6.07 Å². The van der Waals surface area contributed by atoms with Crippen molar-refractivity contribution in [1.82, 2.24) is 10.2 Å². The van der Waals surface area contributed by atoms with Crippen molar-refractivity contribution in [3.63, 3.8) is 0 Å². The Morgan fingerprint density at radius 1 is 1.33 bits per heavy atom. The van der Waals surface area contributed by atoms with E-state index >= 15 is 0 Å². The number of imide groups is 1. The molecule has 1 fully saturated rings. The Morgan fingerprint density at radius 2 is 2.10 bits per heavy atom. The van der Waals surface area contributed by atoms with Crippen LogP contribution in [0.5, 0.6) is 0 Å². The Morgan fingerprint density at radius 3 is 2.76 bits per heavy atom. The van der Waals surface area contributed by atoms with Gasteiger partial charge < -0.3 is 4.90 Å². The van der Waals surface area contributed by atoms with Crippen LogP contribution in [0.3, 0.4) is 0 Å². The summed E-state index contributed by atoms with van der Waals surface area (Å²) in [6.07, 6.45) is 0.521. The lowest BCUT2D eigenvalue weighted by Gasteiger charge is -2.29. The minimum absolute atomic E-state index is 0.211. The average molecular weight is 348 g/mol. The minimum atomic E-state index is -0.666. The highest BCUT2D eigenvalue weighted by Gasteiger charge is 2.40. The predicted octanol–water partition coefficient (Wildman–Crippen LogP) is 1.08. The van der Waals surface area contributed by atoms with Gasteiger partial charge in [0.25, 0.3) is 5.91 Å². The van der Waals surface area contributed by atoms with Crippen LogP contribution >= 0.6 is 15.9 Å². The van der Waals surface area contributed by atoms with Gasteiger partial charge in [0.1, 0.15) is 6.04 Å². The smallest absolute Gasteiger partial charge is 0.256 e. The van der Waals surface area contributed by atoms with E-state index in [-0.39, 0.29) is 24.8 Å². The number of rotatable bonds is 1. The van der Waals surface area contributed by atoms with E-state index in [2.05, 4.69) is 21.2 Å². The van der Waals surface area contributed by atoms with Gasteiger partial charge in [0.2, 0.25) is 11.8 Å². The molecule has 6 nitrogen and oxygen atoms in total. The fourth-order valence-corrected chi connectivity index (χ4v) is 3.19. The molecule has 1 atom stereocenters. The zero-order valence-corrected chi connectivity index (χ0v) is 12.4. The van der Waals surface area contributed by atoms with Crippen LogP contribution in [-0.2, 0) is 16.1 Å². The van der Waals surface area contributed by atoms with Crippen LogP contribution in [0.15, 0.2) is 16.6 Å². The number of carbonyl (C=O) groups excluding carboxylic acids is 3. The van der Waals surface area contributed by atoms with E-state index in [0.29, 0.717) is 23.1 Å². The molecule has 1 saturated heterocycles. The number of halogens is 1. The first kappa shape index (κ1) is 13.8. The molecule has 1 unspecified atom stereocenters. The van der Waals surface area contributed by atoms with Crippen molar-refractivity contribution in [3.8, 4) is 6.07 Å². The SMILES string of the molecule is N#Cc1ccc(Br)c2c1C(=O)N(C1CCC(=O)NC1=O)C2. The molecule has 1 aromatic carbocycles. The molecular weight excluding hydrogens is 338 g/mol. The number of amides is 3. The van der Waals surface area contributed by atoms with E-state index in [4.69, 9.17) is 5.26 Å². The van der Waals surface area contributed by atoms with Gasteiger partial charge in [-0.1, -0.05) is 15.9 Å². The van der Waals surface area contributed by atoms with Crippen LogP contribution in [0.2, 0.25) is 0 Å². The molecular formula is C14H10BrN3O3. The molecule has 2 heterocycles. The highest BCUT2D eigenvalue weighted by Crippen LogP contribution is 2.34. The van der Waals surface area contributed by atoms with E-state index < -0.39 is 11.9 Å². The number of nitrogens with zero attached hydrogens (tertiary/aromatic N) is 2. The van der Waals surface area contributed by atoms with Crippen molar-refractivity contribution in [3.05, 3.63) is 33.3 Å². The fourth-order valence-electron chi connectivity index (χ4n) is 2.73. The highest BCUT2D eigenvalue weighted by atomic mass is 79.9. The molecule has 0 aliphatic carbocycles. The molecule has 0 saturated carbocycles. The van der Waals surface area contributed by atoms with E-state index in [9.17, 15) is 14.4 Å². The largest absolute Gasteiger partial charge is 0.322 e. The van der Waals surface area contributed by atoms with E-state index in [1.165, 1.54) is 4.90 Å². The number of hydrogen-bond donors (Lipinski definition) is 1. The lowest BCUT2D eigenvalue weighted by Crippen LogP contribution is -2.52. The van der Waals surface area contributed by atoms with Gasteiger partial charge in [-0.15, -0.1) is 0 Å². The standard InChI is InChI=1S/C14H10BrN3O3/c15-9-2-1-7(5-16)12-8(9)6-18(14(12)21)10-3-4-11(19)17-13(10)20/h1-2,10H,3-4,6H2,(H,17,19,20). The molecule has 0 aromatic heterocycles. The molecule has 0 spiro atoms. The van der Waals surface area contributed by atoms with Crippen molar-refractivity contribution in [1.29, 1.82) is 5.26 Å². The van der Waals surface area contributed by atoms with Crippen LogP contribution in [0.25, 0.3) is 0 Å². The summed E-state index contributed by atoms with van der Waals surface area (Å²) >= 11 is 3.37. The maximum atomic E-state index is 12.5. The first-order valence-electron chi connectivity index (χ1n) is 6.39. The summed E-state index contributed by atoms with van der Waals surface area (Å²) < 4.78 is 0.736. The predicted molar refractivity (Wildman–Crippen MR) is 74.9 cm³/mol. The summed E-state index contributed by atoms with van der Waals surface area (Å²) in [5.41, 5.74) is 1.35. The Labute approximate surface area is 128 Å². The van der Waals surface area contributed by atoms with Gasteiger partial charge >= 0.3 is 0 Å². The normalized spacial score (nSPS) is 21.0. The van der Waals surface area contributed by atoms with Crippen LogP contribution < -0.4 is 5.32 Å². The molecule has 21 heavy (non-hydrogen) atoms. The van der Waals surface area contributed by atoms with Gasteiger partial charge in [-0.25, -0.2) is 0 Å². The second-order valence-electron chi connectivity index (χ2n) is 4.96. The fraction of sp³-hybridized carbons (Fsp3) is 0.286. The molecule has 1 N–H and O–H groups in total. The zero-order valence-electron chi connectivity index (χ0n) is 10.9. The monoisotopic (exact) mass is 347 g/mol. The number of piperidine rings is 1. The molecule has 3 amide bonds. The molecule has 0 radical (unpaired) electrons. The van der Waals surface area contributed by atoms with Crippen LogP contribution in [0, 0.1) is 11.3 Å². The van der Waals surface area contributed by atoms with Crippen LogP contribution in [0.4, 0.5) is 0 Å². The number of benzene rings is 1. The van der Waals surface area contributed by atoms with E-state index in [1.54, 1.807) is 12.1 Å². The first-order chi connectivity index (χ1) is 10.0. The second kappa shape index (κ2) is 4.97. The summed E-state index contributed by atoms with van der Waals surface area (Å²) in [7, 11) is 0. The van der Waals surface area contributed by atoms with Crippen molar-refractivity contribution in [2.24, 2.45) is 0 Å². The summed E-state index contributed by atoms with van der Waals surface area (Å²) in [5.74, 6) is -1.11. The Kier molecular flexibility index (Phi) is 3.26.